The van der Waals surface area contributed by atoms with Crippen molar-refractivity contribution >= 4 is 11.3 Å². The van der Waals surface area contributed by atoms with E-state index in [-0.39, 0.29) is 0 Å². The molecule has 1 fully saturated rings. The molecule has 0 bridgehead atoms. The van der Waals surface area contributed by atoms with Crippen LogP contribution in [-0.4, -0.2) is 32.8 Å². The SMILES string of the molecule is Cn1cc(CN2CCCC(Cc3nccs3)C2)cn1. The number of aryl methyl sites for hydroxylation is 1. The van der Waals surface area contributed by atoms with Gasteiger partial charge in [-0.05, 0) is 25.3 Å². The molecule has 0 aromatic carbocycles. The maximum Gasteiger partial charge on any atom is 0.0928 e. The number of likely N-dealkylation sites (tertiary alicyclic amines) is 1. The molecule has 1 atom stereocenters. The zero-order valence-corrected chi connectivity index (χ0v) is 12.1. The van der Waals surface area contributed by atoms with Crippen LogP contribution in [0.5, 0.6) is 0 Å². The lowest BCUT2D eigenvalue weighted by Gasteiger charge is -2.32. The molecule has 0 radical (unpaired) electrons. The average molecular weight is 276 g/mol. The van der Waals surface area contributed by atoms with E-state index >= 15 is 0 Å². The van der Waals surface area contributed by atoms with Gasteiger partial charge in [0.05, 0.1) is 11.2 Å². The highest BCUT2D eigenvalue weighted by Gasteiger charge is 2.21. The van der Waals surface area contributed by atoms with Crippen LogP contribution in [0.15, 0.2) is 24.0 Å². The molecule has 0 spiro atoms. The van der Waals surface area contributed by atoms with Crippen LogP contribution in [0.3, 0.4) is 0 Å². The zero-order chi connectivity index (χ0) is 13.1. The molecule has 0 N–H and O–H groups in total. The standard InChI is InChI=1S/C14H20N4S/c1-17-9-13(8-16-17)11-18-5-2-3-12(10-18)7-14-15-4-6-19-14/h4,6,8-9,12H,2-3,5,7,10-11H2,1H3. The van der Waals surface area contributed by atoms with E-state index in [0.29, 0.717) is 0 Å². The second-order valence-corrected chi connectivity index (χ2v) is 6.37. The van der Waals surface area contributed by atoms with E-state index in [4.69, 9.17) is 0 Å². The molecule has 1 saturated heterocycles. The van der Waals surface area contributed by atoms with Gasteiger partial charge in [0.15, 0.2) is 0 Å². The van der Waals surface area contributed by atoms with E-state index in [1.54, 1.807) is 11.3 Å². The highest BCUT2D eigenvalue weighted by molar-refractivity contribution is 7.09. The minimum Gasteiger partial charge on any atom is -0.299 e. The summed E-state index contributed by atoms with van der Waals surface area (Å²) in [6, 6.07) is 0. The van der Waals surface area contributed by atoms with Gasteiger partial charge in [0, 0.05) is 49.9 Å². The quantitative estimate of drug-likeness (QED) is 0.859. The fraction of sp³-hybridized carbons (Fsp3) is 0.571. The van der Waals surface area contributed by atoms with Gasteiger partial charge in [0.1, 0.15) is 0 Å². The first-order chi connectivity index (χ1) is 9.29. The number of aromatic nitrogens is 3. The Kier molecular flexibility index (Phi) is 3.94. The van der Waals surface area contributed by atoms with E-state index in [0.717, 1.165) is 18.9 Å². The number of thiazole rings is 1. The third kappa shape index (κ3) is 3.42. The first kappa shape index (κ1) is 12.8. The van der Waals surface area contributed by atoms with Crippen molar-refractivity contribution in [2.45, 2.75) is 25.8 Å². The summed E-state index contributed by atoms with van der Waals surface area (Å²) >= 11 is 1.78. The minimum absolute atomic E-state index is 0.761. The van der Waals surface area contributed by atoms with Gasteiger partial charge in [-0.1, -0.05) is 0 Å². The van der Waals surface area contributed by atoms with Gasteiger partial charge in [-0.2, -0.15) is 5.10 Å². The molecule has 0 amide bonds. The van der Waals surface area contributed by atoms with Gasteiger partial charge in [-0.25, -0.2) is 4.98 Å². The van der Waals surface area contributed by atoms with Gasteiger partial charge in [-0.3, -0.25) is 9.58 Å². The number of rotatable bonds is 4. The highest BCUT2D eigenvalue weighted by Crippen LogP contribution is 2.22. The number of hydrogen-bond donors (Lipinski definition) is 0. The van der Waals surface area contributed by atoms with Crippen LogP contribution in [-0.2, 0) is 20.0 Å². The molecule has 2 aromatic heterocycles. The van der Waals surface area contributed by atoms with E-state index in [9.17, 15) is 0 Å². The van der Waals surface area contributed by atoms with Gasteiger partial charge in [0.2, 0.25) is 0 Å². The number of piperidine rings is 1. The third-order valence-electron chi connectivity index (χ3n) is 3.71. The first-order valence-corrected chi connectivity index (χ1v) is 7.76. The predicted octanol–water partition coefficient (Wildman–Crippen LogP) is 2.33. The largest absolute Gasteiger partial charge is 0.299 e. The Morgan fingerprint density at radius 3 is 3.16 bits per heavy atom. The van der Waals surface area contributed by atoms with Gasteiger partial charge >= 0.3 is 0 Å². The molecule has 0 aliphatic carbocycles. The summed E-state index contributed by atoms with van der Waals surface area (Å²) in [6.45, 7) is 3.43. The molecule has 5 heteroatoms. The summed E-state index contributed by atoms with van der Waals surface area (Å²) in [6.07, 6.45) is 9.78. The lowest BCUT2D eigenvalue weighted by atomic mass is 9.95. The fourth-order valence-corrected chi connectivity index (χ4v) is 3.61. The normalized spacial score (nSPS) is 20.8. The van der Waals surface area contributed by atoms with Crippen molar-refractivity contribution < 1.29 is 0 Å². The molecule has 1 aliphatic heterocycles. The topological polar surface area (TPSA) is 34.0 Å². The Balaban J connectivity index is 1.55. The van der Waals surface area contributed by atoms with Crippen molar-refractivity contribution in [3.8, 4) is 0 Å². The summed E-state index contributed by atoms with van der Waals surface area (Å²) in [7, 11) is 1.98. The smallest absolute Gasteiger partial charge is 0.0928 e. The summed E-state index contributed by atoms with van der Waals surface area (Å²) in [5.41, 5.74) is 1.32. The molecule has 19 heavy (non-hydrogen) atoms. The first-order valence-electron chi connectivity index (χ1n) is 6.88. The molecule has 3 heterocycles. The Hall–Kier alpha value is -1.20. The Morgan fingerprint density at radius 2 is 2.42 bits per heavy atom. The summed E-state index contributed by atoms with van der Waals surface area (Å²) in [5, 5.41) is 7.60. The van der Waals surface area contributed by atoms with Crippen molar-refractivity contribution in [3.05, 3.63) is 34.5 Å². The van der Waals surface area contributed by atoms with Crippen LogP contribution in [0, 0.1) is 5.92 Å². The maximum absolute atomic E-state index is 4.41. The van der Waals surface area contributed by atoms with Crippen LogP contribution in [0.4, 0.5) is 0 Å². The molecular formula is C14H20N4S. The van der Waals surface area contributed by atoms with Crippen LogP contribution in [0.2, 0.25) is 0 Å². The molecule has 102 valence electrons. The van der Waals surface area contributed by atoms with Crippen molar-refractivity contribution in [2.75, 3.05) is 13.1 Å². The van der Waals surface area contributed by atoms with Crippen LogP contribution in [0.25, 0.3) is 0 Å². The maximum atomic E-state index is 4.41. The Bertz CT molecular complexity index is 505. The van der Waals surface area contributed by atoms with Crippen LogP contribution in [0.1, 0.15) is 23.4 Å². The van der Waals surface area contributed by atoms with Crippen molar-refractivity contribution in [2.24, 2.45) is 13.0 Å². The molecule has 4 nitrogen and oxygen atoms in total. The van der Waals surface area contributed by atoms with E-state index < -0.39 is 0 Å². The minimum atomic E-state index is 0.761. The molecule has 2 aromatic rings. The van der Waals surface area contributed by atoms with Crippen molar-refractivity contribution in [1.82, 2.24) is 19.7 Å². The second kappa shape index (κ2) is 5.84. The zero-order valence-electron chi connectivity index (χ0n) is 11.3. The highest BCUT2D eigenvalue weighted by atomic mass is 32.1. The average Bonchev–Trinajstić information content (AvgIpc) is 3.02. The summed E-state index contributed by atoms with van der Waals surface area (Å²) < 4.78 is 1.88. The third-order valence-corrected chi connectivity index (χ3v) is 4.52. The van der Waals surface area contributed by atoms with Gasteiger partial charge in [0.25, 0.3) is 0 Å². The summed E-state index contributed by atoms with van der Waals surface area (Å²) in [5.74, 6) is 0.761. The molecular weight excluding hydrogens is 256 g/mol. The van der Waals surface area contributed by atoms with Crippen molar-refractivity contribution in [3.63, 3.8) is 0 Å². The molecule has 3 rings (SSSR count). The lowest BCUT2D eigenvalue weighted by Crippen LogP contribution is -2.35. The predicted molar refractivity (Wildman–Crippen MR) is 77.0 cm³/mol. The fourth-order valence-electron chi connectivity index (χ4n) is 2.87. The summed E-state index contributed by atoms with van der Waals surface area (Å²) in [4.78, 5) is 6.96. The Morgan fingerprint density at radius 1 is 1.47 bits per heavy atom. The molecule has 0 saturated carbocycles. The Labute approximate surface area is 118 Å². The van der Waals surface area contributed by atoms with E-state index in [1.165, 1.54) is 36.5 Å². The second-order valence-electron chi connectivity index (χ2n) is 5.40. The van der Waals surface area contributed by atoms with Gasteiger partial charge < -0.3 is 0 Å². The monoisotopic (exact) mass is 276 g/mol. The van der Waals surface area contributed by atoms with Crippen LogP contribution < -0.4 is 0 Å². The van der Waals surface area contributed by atoms with E-state index in [1.807, 2.05) is 24.1 Å². The molecule has 1 unspecified atom stereocenters. The number of nitrogens with zero attached hydrogens (tertiary/aromatic N) is 4. The van der Waals surface area contributed by atoms with Gasteiger partial charge in [-0.15, -0.1) is 11.3 Å². The lowest BCUT2D eigenvalue weighted by molar-refractivity contribution is 0.167. The van der Waals surface area contributed by atoms with Crippen LogP contribution >= 0.6 is 11.3 Å². The number of hydrogen-bond acceptors (Lipinski definition) is 4. The van der Waals surface area contributed by atoms with Crippen molar-refractivity contribution in [1.29, 1.82) is 0 Å². The van der Waals surface area contributed by atoms with E-state index in [2.05, 4.69) is 26.6 Å². The molecule has 1 aliphatic rings.